The molecule has 0 bridgehead atoms. The first-order valence-corrected chi connectivity index (χ1v) is 6.79. The van der Waals surface area contributed by atoms with E-state index < -0.39 is 0 Å². The van der Waals surface area contributed by atoms with Crippen LogP contribution in [0.25, 0.3) is 0 Å². The molecule has 1 heterocycles. The fourth-order valence-electron chi connectivity index (χ4n) is 2.41. The number of hydrogen-bond donors (Lipinski definition) is 1. The van der Waals surface area contributed by atoms with Gasteiger partial charge < -0.3 is 10.2 Å². The van der Waals surface area contributed by atoms with Gasteiger partial charge in [0.2, 0.25) is 0 Å². The van der Waals surface area contributed by atoms with Crippen molar-refractivity contribution < 1.29 is 4.39 Å². The second-order valence-electron chi connectivity index (χ2n) is 4.63. The number of likely N-dealkylation sites (N-methyl/N-ethyl adjacent to an activating group) is 1. The predicted octanol–water partition coefficient (Wildman–Crippen LogP) is 3.08. The maximum Gasteiger partial charge on any atom is 0.137 e. The quantitative estimate of drug-likeness (QED) is 0.903. The summed E-state index contributed by atoms with van der Waals surface area (Å²) in [5, 5.41) is 3.32. The second-order valence-corrected chi connectivity index (χ2v) is 5.48. The molecule has 0 spiro atoms. The van der Waals surface area contributed by atoms with Gasteiger partial charge in [-0.25, -0.2) is 4.39 Å². The van der Waals surface area contributed by atoms with Crippen LogP contribution in [0.4, 0.5) is 10.1 Å². The third-order valence-corrected chi connectivity index (χ3v) is 4.02. The Hall–Kier alpha value is -0.610. The molecule has 1 aromatic carbocycles. The van der Waals surface area contributed by atoms with E-state index >= 15 is 0 Å². The van der Waals surface area contributed by atoms with Crippen LogP contribution in [0.3, 0.4) is 0 Å². The molecule has 1 aliphatic heterocycles. The van der Waals surface area contributed by atoms with Crippen LogP contribution in [0.5, 0.6) is 0 Å². The SMILES string of the molecule is CNC1CCCN(c2cc(Br)c(F)cc2C)C1. The second kappa shape index (κ2) is 5.36. The van der Waals surface area contributed by atoms with Crippen molar-refractivity contribution in [3.63, 3.8) is 0 Å². The van der Waals surface area contributed by atoms with E-state index in [1.54, 1.807) is 6.07 Å². The van der Waals surface area contributed by atoms with E-state index in [1.165, 1.54) is 12.8 Å². The summed E-state index contributed by atoms with van der Waals surface area (Å²) in [4.78, 5) is 2.34. The number of hydrogen-bond acceptors (Lipinski definition) is 2. The van der Waals surface area contributed by atoms with Crippen LogP contribution < -0.4 is 10.2 Å². The number of piperidine rings is 1. The van der Waals surface area contributed by atoms with Gasteiger partial charge >= 0.3 is 0 Å². The summed E-state index contributed by atoms with van der Waals surface area (Å²) in [7, 11) is 2.00. The molecule has 94 valence electrons. The number of rotatable bonds is 2. The zero-order valence-electron chi connectivity index (χ0n) is 10.3. The monoisotopic (exact) mass is 300 g/mol. The highest BCUT2D eigenvalue weighted by molar-refractivity contribution is 9.10. The van der Waals surface area contributed by atoms with Crippen molar-refractivity contribution in [1.29, 1.82) is 0 Å². The van der Waals surface area contributed by atoms with Gasteiger partial charge in [0.15, 0.2) is 0 Å². The fourth-order valence-corrected chi connectivity index (χ4v) is 2.74. The topological polar surface area (TPSA) is 15.3 Å². The van der Waals surface area contributed by atoms with Gasteiger partial charge in [-0.1, -0.05) is 0 Å². The van der Waals surface area contributed by atoms with E-state index in [-0.39, 0.29) is 5.82 Å². The third-order valence-electron chi connectivity index (χ3n) is 3.41. The zero-order valence-corrected chi connectivity index (χ0v) is 11.8. The molecule has 1 N–H and O–H groups in total. The van der Waals surface area contributed by atoms with Crippen LogP contribution in [0.1, 0.15) is 18.4 Å². The maximum absolute atomic E-state index is 13.4. The van der Waals surface area contributed by atoms with Gasteiger partial charge in [0.25, 0.3) is 0 Å². The Morgan fingerprint density at radius 1 is 1.47 bits per heavy atom. The minimum Gasteiger partial charge on any atom is -0.370 e. The molecule has 0 aromatic heterocycles. The first kappa shape index (κ1) is 12.8. The molecule has 1 fully saturated rings. The molecule has 17 heavy (non-hydrogen) atoms. The van der Waals surface area contributed by atoms with Gasteiger partial charge in [-0.05, 0) is 60.4 Å². The molecule has 0 amide bonds. The van der Waals surface area contributed by atoms with Crippen LogP contribution in [0, 0.1) is 12.7 Å². The molecule has 1 atom stereocenters. The number of anilines is 1. The molecule has 1 saturated heterocycles. The van der Waals surface area contributed by atoms with Gasteiger partial charge in [-0.15, -0.1) is 0 Å². The van der Waals surface area contributed by atoms with E-state index in [0.717, 1.165) is 24.3 Å². The minimum absolute atomic E-state index is 0.187. The Morgan fingerprint density at radius 2 is 2.24 bits per heavy atom. The van der Waals surface area contributed by atoms with Crippen molar-refractivity contribution in [2.75, 3.05) is 25.0 Å². The summed E-state index contributed by atoms with van der Waals surface area (Å²) in [6, 6.07) is 4.03. The average Bonchev–Trinajstić information content (AvgIpc) is 2.34. The van der Waals surface area contributed by atoms with Crippen molar-refractivity contribution in [2.24, 2.45) is 0 Å². The van der Waals surface area contributed by atoms with E-state index in [1.807, 2.05) is 20.0 Å². The number of nitrogens with zero attached hydrogens (tertiary/aromatic N) is 1. The average molecular weight is 301 g/mol. The Bertz CT molecular complexity index is 409. The molecular formula is C13H18BrFN2. The normalized spacial score (nSPS) is 20.7. The number of aryl methyl sites for hydroxylation is 1. The predicted molar refractivity (Wildman–Crippen MR) is 73.1 cm³/mol. The Morgan fingerprint density at radius 3 is 2.94 bits per heavy atom. The van der Waals surface area contributed by atoms with Crippen LogP contribution in [-0.2, 0) is 0 Å². The lowest BCUT2D eigenvalue weighted by molar-refractivity contribution is 0.449. The lowest BCUT2D eigenvalue weighted by Gasteiger charge is -2.35. The minimum atomic E-state index is -0.187. The van der Waals surface area contributed by atoms with Crippen LogP contribution in [0.2, 0.25) is 0 Å². The van der Waals surface area contributed by atoms with Crippen molar-refractivity contribution >= 4 is 21.6 Å². The Labute approximate surface area is 110 Å². The lowest BCUT2D eigenvalue weighted by atomic mass is 10.0. The van der Waals surface area contributed by atoms with Gasteiger partial charge in [-0.2, -0.15) is 0 Å². The van der Waals surface area contributed by atoms with Crippen LogP contribution in [-0.4, -0.2) is 26.2 Å². The zero-order chi connectivity index (χ0) is 12.4. The van der Waals surface area contributed by atoms with Crippen molar-refractivity contribution in [1.82, 2.24) is 5.32 Å². The maximum atomic E-state index is 13.4. The molecule has 0 saturated carbocycles. The number of benzene rings is 1. The first-order chi connectivity index (χ1) is 8.11. The summed E-state index contributed by atoms with van der Waals surface area (Å²) in [5.74, 6) is -0.187. The van der Waals surface area contributed by atoms with E-state index in [4.69, 9.17) is 0 Å². The highest BCUT2D eigenvalue weighted by Gasteiger charge is 2.20. The van der Waals surface area contributed by atoms with Gasteiger partial charge in [0.1, 0.15) is 5.82 Å². The van der Waals surface area contributed by atoms with Crippen molar-refractivity contribution in [2.45, 2.75) is 25.8 Å². The Kier molecular flexibility index (Phi) is 4.05. The molecular weight excluding hydrogens is 283 g/mol. The molecule has 0 aliphatic carbocycles. The van der Waals surface area contributed by atoms with Crippen molar-refractivity contribution in [3.8, 4) is 0 Å². The first-order valence-electron chi connectivity index (χ1n) is 5.99. The summed E-state index contributed by atoms with van der Waals surface area (Å²) < 4.78 is 13.9. The van der Waals surface area contributed by atoms with E-state index in [9.17, 15) is 4.39 Å². The molecule has 1 aliphatic rings. The summed E-state index contributed by atoms with van der Waals surface area (Å²) >= 11 is 3.26. The lowest BCUT2D eigenvalue weighted by Crippen LogP contribution is -2.44. The summed E-state index contributed by atoms with van der Waals surface area (Å²) in [6.07, 6.45) is 2.40. The van der Waals surface area contributed by atoms with Gasteiger partial charge in [-0.3, -0.25) is 0 Å². The van der Waals surface area contributed by atoms with Gasteiger partial charge in [0.05, 0.1) is 4.47 Å². The van der Waals surface area contributed by atoms with Crippen molar-refractivity contribution in [3.05, 3.63) is 28.0 Å². The van der Waals surface area contributed by atoms with Gasteiger partial charge in [0, 0.05) is 24.8 Å². The number of halogens is 2. The molecule has 1 aromatic rings. The van der Waals surface area contributed by atoms with Crippen LogP contribution >= 0.6 is 15.9 Å². The fraction of sp³-hybridized carbons (Fsp3) is 0.538. The van der Waals surface area contributed by atoms with E-state index in [0.29, 0.717) is 10.5 Å². The standard InChI is InChI=1S/C13H18BrFN2/c1-9-6-12(15)11(14)7-13(9)17-5-3-4-10(8-17)16-2/h6-7,10,16H,3-5,8H2,1-2H3. The highest BCUT2D eigenvalue weighted by atomic mass is 79.9. The molecule has 2 nitrogen and oxygen atoms in total. The highest BCUT2D eigenvalue weighted by Crippen LogP contribution is 2.29. The third kappa shape index (κ3) is 2.80. The molecule has 1 unspecified atom stereocenters. The Balaban J connectivity index is 2.24. The molecule has 0 radical (unpaired) electrons. The molecule has 4 heteroatoms. The van der Waals surface area contributed by atoms with Crippen LogP contribution in [0.15, 0.2) is 16.6 Å². The molecule has 2 rings (SSSR count). The van der Waals surface area contributed by atoms with E-state index in [2.05, 4.69) is 26.1 Å². The summed E-state index contributed by atoms with van der Waals surface area (Å²) in [6.45, 7) is 4.01. The summed E-state index contributed by atoms with van der Waals surface area (Å²) in [5.41, 5.74) is 2.14. The number of nitrogens with one attached hydrogen (secondary N) is 1. The largest absolute Gasteiger partial charge is 0.370 e. The smallest absolute Gasteiger partial charge is 0.137 e.